The van der Waals surface area contributed by atoms with Gasteiger partial charge in [-0.1, -0.05) is 12.1 Å². The van der Waals surface area contributed by atoms with Gasteiger partial charge in [-0.2, -0.15) is 0 Å². The number of rotatable bonds is 5. The molecule has 1 aliphatic heterocycles. The molecule has 1 aliphatic rings. The van der Waals surface area contributed by atoms with Crippen molar-refractivity contribution in [2.24, 2.45) is 0 Å². The van der Waals surface area contributed by atoms with E-state index < -0.39 is 12.0 Å². The molecule has 134 valence electrons. The topological polar surface area (TPSA) is 87.7 Å². The highest BCUT2D eigenvalue weighted by Gasteiger charge is 2.35. The van der Waals surface area contributed by atoms with E-state index in [9.17, 15) is 14.4 Å². The Kier molecular flexibility index (Phi) is 5.80. The minimum atomic E-state index is -0.597. The number of ether oxygens (including phenoxy) is 1. The van der Waals surface area contributed by atoms with Crippen molar-refractivity contribution in [2.45, 2.75) is 33.7 Å². The summed E-state index contributed by atoms with van der Waals surface area (Å²) >= 11 is 0. The highest BCUT2D eigenvalue weighted by atomic mass is 16.5. The summed E-state index contributed by atoms with van der Waals surface area (Å²) in [5, 5.41) is 5.54. The fourth-order valence-electron chi connectivity index (χ4n) is 2.85. The molecule has 3 amide bonds. The summed E-state index contributed by atoms with van der Waals surface area (Å²) in [5.74, 6) is -0.616. The van der Waals surface area contributed by atoms with E-state index >= 15 is 0 Å². The number of amides is 3. The van der Waals surface area contributed by atoms with Crippen LogP contribution in [0.25, 0.3) is 0 Å². The zero-order valence-electron chi connectivity index (χ0n) is 14.9. The van der Waals surface area contributed by atoms with Gasteiger partial charge in [-0.15, -0.1) is 0 Å². The number of nitrogens with zero attached hydrogens (tertiary/aromatic N) is 1. The third-order valence-electron chi connectivity index (χ3n) is 3.97. The van der Waals surface area contributed by atoms with Crippen LogP contribution in [0.1, 0.15) is 39.3 Å². The van der Waals surface area contributed by atoms with E-state index in [4.69, 9.17) is 4.74 Å². The lowest BCUT2D eigenvalue weighted by Crippen LogP contribution is -2.47. The Balaban J connectivity index is 2.42. The normalized spacial score (nSPS) is 17.2. The Morgan fingerprint density at radius 1 is 1.24 bits per heavy atom. The maximum atomic E-state index is 12.5. The highest BCUT2D eigenvalue weighted by molar-refractivity contribution is 5.95. The van der Waals surface area contributed by atoms with Crippen LogP contribution >= 0.6 is 0 Å². The van der Waals surface area contributed by atoms with Crippen molar-refractivity contribution in [3.8, 4) is 0 Å². The van der Waals surface area contributed by atoms with Crippen molar-refractivity contribution >= 4 is 23.6 Å². The summed E-state index contributed by atoms with van der Waals surface area (Å²) in [6.45, 7) is 7.46. The molecular weight excluding hydrogens is 322 g/mol. The number of carbonyl (C=O) groups excluding carboxylic acids is 3. The van der Waals surface area contributed by atoms with Gasteiger partial charge in [0, 0.05) is 24.9 Å². The van der Waals surface area contributed by atoms with Crippen molar-refractivity contribution in [1.29, 1.82) is 0 Å². The molecule has 0 bridgehead atoms. The van der Waals surface area contributed by atoms with Gasteiger partial charge >= 0.3 is 12.0 Å². The Morgan fingerprint density at radius 2 is 1.88 bits per heavy atom. The largest absolute Gasteiger partial charge is 0.463 e. The molecular formula is C18H23N3O4. The van der Waals surface area contributed by atoms with E-state index in [0.717, 1.165) is 5.56 Å². The molecule has 0 radical (unpaired) electrons. The maximum Gasteiger partial charge on any atom is 0.338 e. The standard InChI is InChI=1S/C18H23N3O4/c1-5-21-11(3)15(17(23)25-6-2)16(20-18(21)24)13-7-9-14(10-8-13)19-12(4)22/h7-10,16H,5-6H2,1-4H3,(H,19,22)(H,20,24)/t16-/m0/s1. The van der Waals surface area contributed by atoms with Gasteiger partial charge in [0.25, 0.3) is 0 Å². The summed E-state index contributed by atoms with van der Waals surface area (Å²) in [6.07, 6.45) is 0. The second-order valence-electron chi connectivity index (χ2n) is 5.65. The van der Waals surface area contributed by atoms with Crippen molar-refractivity contribution in [2.75, 3.05) is 18.5 Å². The number of nitrogens with one attached hydrogen (secondary N) is 2. The fraction of sp³-hybridized carbons (Fsp3) is 0.389. The van der Waals surface area contributed by atoms with Crippen molar-refractivity contribution in [1.82, 2.24) is 10.2 Å². The van der Waals surface area contributed by atoms with Gasteiger partial charge in [-0.05, 0) is 38.5 Å². The van der Waals surface area contributed by atoms with Crippen LogP contribution in [0.2, 0.25) is 0 Å². The minimum Gasteiger partial charge on any atom is -0.463 e. The average Bonchev–Trinajstić information content (AvgIpc) is 2.55. The zero-order chi connectivity index (χ0) is 18.6. The predicted molar refractivity (Wildman–Crippen MR) is 93.7 cm³/mol. The Labute approximate surface area is 147 Å². The molecule has 25 heavy (non-hydrogen) atoms. The monoisotopic (exact) mass is 345 g/mol. The first-order valence-electron chi connectivity index (χ1n) is 8.22. The Morgan fingerprint density at radius 3 is 2.40 bits per heavy atom. The van der Waals surface area contributed by atoms with Gasteiger partial charge in [0.05, 0.1) is 18.2 Å². The molecule has 1 aromatic carbocycles. The summed E-state index contributed by atoms with van der Waals surface area (Å²) in [6, 6.07) is 6.14. The quantitative estimate of drug-likeness (QED) is 0.803. The van der Waals surface area contributed by atoms with Crippen LogP contribution in [0.15, 0.2) is 35.5 Å². The number of hydrogen-bond acceptors (Lipinski definition) is 4. The van der Waals surface area contributed by atoms with Crippen LogP contribution in [0, 0.1) is 0 Å². The molecule has 0 aromatic heterocycles. The van der Waals surface area contributed by atoms with Gasteiger partial charge in [-0.3, -0.25) is 9.69 Å². The van der Waals surface area contributed by atoms with Gasteiger partial charge in [0.15, 0.2) is 0 Å². The predicted octanol–water partition coefficient (Wildman–Crippen LogP) is 2.57. The molecule has 1 heterocycles. The highest BCUT2D eigenvalue weighted by Crippen LogP contribution is 2.31. The summed E-state index contributed by atoms with van der Waals surface area (Å²) in [4.78, 5) is 37.4. The lowest BCUT2D eigenvalue weighted by molar-refractivity contribution is -0.139. The molecule has 0 aliphatic carbocycles. The molecule has 7 heteroatoms. The smallest absolute Gasteiger partial charge is 0.338 e. The number of hydrogen-bond donors (Lipinski definition) is 2. The van der Waals surface area contributed by atoms with Crippen LogP contribution in [0.3, 0.4) is 0 Å². The van der Waals surface area contributed by atoms with E-state index in [-0.39, 0.29) is 18.5 Å². The van der Waals surface area contributed by atoms with Crippen LogP contribution in [0.5, 0.6) is 0 Å². The van der Waals surface area contributed by atoms with E-state index in [1.807, 2.05) is 6.92 Å². The second-order valence-corrected chi connectivity index (χ2v) is 5.65. The van der Waals surface area contributed by atoms with Crippen LogP contribution in [0.4, 0.5) is 10.5 Å². The first-order valence-corrected chi connectivity index (χ1v) is 8.22. The number of benzene rings is 1. The number of esters is 1. The van der Waals surface area contributed by atoms with Crippen LogP contribution in [-0.4, -0.2) is 36.0 Å². The van der Waals surface area contributed by atoms with Crippen molar-refractivity contribution in [3.05, 3.63) is 41.1 Å². The first kappa shape index (κ1) is 18.5. The lowest BCUT2D eigenvalue weighted by Gasteiger charge is -2.34. The number of anilines is 1. The summed E-state index contributed by atoms with van der Waals surface area (Å²) < 4.78 is 5.18. The summed E-state index contributed by atoms with van der Waals surface area (Å²) in [5.41, 5.74) is 2.38. The molecule has 0 fully saturated rings. The average molecular weight is 345 g/mol. The van der Waals surface area contributed by atoms with E-state index in [0.29, 0.717) is 23.5 Å². The Bertz CT molecular complexity index is 710. The summed E-state index contributed by atoms with van der Waals surface area (Å²) in [7, 11) is 0. The van der Waals surface area contributed by atoms with E-state index in [1.54, 1.807) is 38.1 Å². The van der Waals surface area contributed by atoms with Crippen LogP contribution < -0.4 is 10.6 Å². The molecule has 0 saturated heterocycles. The molecule has 7 nitrogen and oxygen atoms in total. The molecule has 0 saturated carbocycles. The second kappa shape index (κ2) is 7.83. The molecule has 0 unspecified atom stereocenters. The van der Waals surface area contributed by atoms with Gasteiger partial charge < -0.3 is 15.4 Å². The minimum absolute atomic E-state index is 0.166. The van der Waals surface area contributed by atoms with Gasteiger partial charge in [0.1, 0.15) is 0 Å². The number of allylic oxidation sites excluding steroid dienone is 1. The maximum absolute atomic E-state index is 12.5. The zero-order valence-corrected chi connectivity index (χ0v) is 14.9. The lowest BCUT2D eigenvalue weighted by atomic mass is 9.94. The first-order chi connectivity index (χ1) is 11.9. The SMILES string of the molecule is CCOC(=O)C1=C(C)N(CC)C(=O)N[C@H]1c1ccc(NC(C)=O)cc1. The molecule has 1 aromatic rings. The van der Waals surface area contributed by atoms with Gasteiger partial charge in [-0.25, -0.2) is 9.59 Å². The van der Waals surface area contributed by atoms with E-state index in [2.05, 4.69) is 10.6 Å². The van der Waals surface area contributed by atoms with Crippen molar-refractivity contribution < 1.29 is 19.1 Å². The van der Waals surface area contributed by atoms with Crippen LogP contribution in [-0.2, 0) is 14.3 Å². The molecule has 2 N–H and O–H groups in total. The Hall–Kier alpha value is -2.83. The van der Waals surface area contributed by atoms with Crippen molar-refractivity contribution in [3.63, 3.8) is 0 Å². The van der Waals surface area contributed by atoms with E-state index in [1.165, 1.54) is 11.8 Å². The van der Waals surface area contributed by atoms with Gasteiger partial charge in [0.2, 0.25) is 5.91 Å². The third-order valence-corrected chi connectivity index (χ3v) is 3.97. The number of carbonyl (C=O) groups is 3. The third kappa shape index (κ3) is 3.99. The molecule has 0 spiro atoms. The number of urea groups is 1. The molecule has 1 atom stereocenters. The fourth-order valence-corrected chi connectivity index (χ4v) is 2.85. The molecule has 2 rings (SSSR count).